The fourth-order valence-electron chi connectivity index (χ4n) is 3.94. The van der Waals surface area contributed by atoms with Gasteiger partial charge in [0.05, 0.1) is 18.4 Å². The predicted octanol–water partition coefficient (Wildman–Crippen LogP) is 5.58. The predicted molar refractivity (Wildman–Crippen MR) is 127 cm³/mol. The summed E-state index contributed by atoms with van der Waals surface area (Å²) in [6.07, 6.45) is 1.59. The first kappa shape index (κ1) is 20.7. The minimum Gasteiger partial charge on any atom is -0.497 e. The van der Waals surface area contributed by atoms with Gasteiger partial charge in [-0.25, -0.2) is 4.21 Å². The highest BCUT2D eigenvalue weighted by Gasteiger charge is 2.18. The Kier molecular flexibility index (Phi) is 5.79. The van der Waals surface area contributed by atoms with Crippen molar-refractivity contribution in [1.29, 1.82) is 5.26 Å². The van der Waals surface area contributed by atoms with Gasteiger partial charge < -0.3 is 14.0 Å². The van der Waals surface area contributed by atoms with Crippen LogP contribution in [0.2, 0.25) is 0 Å². The third-order valence-electron chi connectivity index (χ3n) is 5.31. The van der Waals surface area contributed by atoms with Gasteiger partial charge in [0, 0.05) is 29.4 Å². The van der Waals surface area contributed by atoms with Crippen LogP contribution in [0.15, 0.2) is 66.7 Å². The SMILES string of the molecule is CCn1c(-c2ccc(NS(C)=O)cc2)c(C#N)c2cc(-c3cccc(OC)c3)ccc21. The zero-order valence-electron chi connectivity index (χ0n) is 17.7. The Labute approximate surface area is 184 Å². The minimum absolute atomic E-state index is 0.654. The van der Waals surface area contributed by atoms with Gasteiger partial charge in [-0.05, 0) is 60.0 Å². The molecule has 1 aromatic heterocycles. The molecule has 0 fully saturated rings. The third kappa shape index (κ3) is 3.92. The molecule has 0 bridgehead atoms. The van der Waals surface area contributed by atoms with Crippen molar-refractivity contribution in [2.45, 2.75) is 13.5 Å². The first-order valence-corrected chi connectivity index (χ1v) is 11.5. The van der Waals surface area contributed by atoms with Gasteiger partial charge in [-0.2, -0.15) is 5.26 Å². The molecular weight excluding hydrogens is 406 g/mol. The van der Waals surface area contributed by atoms with Crippen molar-refractivity contribution in [3.05, 3.63) is 72.3 Å². The van der Waals surface area contributed by atoms with Gasteiger partial charge in [-0.3, -0.25) is 0 Å². The van der Waals surface area contributed by atoms with Crippen LogP contribution in [-0.2, 0) is 17.5 Å². The first-order chi connectivity index (χ1) is 15.0. The van der Waals surface area contributed by atoms with Gasteiger partial charge >= 0.3 is 0 Å². The normalized spacial score (nSPS) is 11.8. The average Bonchev–Trinajstić information content (AvgIpc) is 3.11. The molecule has 0 spiro atoms. The van der Waals surface area contributed by atoms with Crippen LogP contribution in [0.1, 0.15) is 12.5 Å². The number of hydrogen-bond donors (Lipinski definition) is 1. The fourth-order valence-corrected chi connectivity index (χ4v) is 4.41. The number of anilines is 1. The number of fused-ring (bicyclic) bond motifs is 1. The zero-order valence-corrected chi connectivity index (χ0v) is 18.5. The van der Waals surface area contributed by atoms with Crippen molar-refractivity contribution < 1.29 is 8.95 Å². The minimum atomic E-state index is -1.13. The number of aromatic nitrogens is 1. The number of hydrogen-bond acceptors (Lipinski definition) is 3. The Morgan fingerprint density at radius 3 is 2.39 bits per heavy atom. The molecule has 3 aromatic carbocycles. The number of nitrogens with one attached hydrogen (secondary N) is 1. The number of nitrogens with zero attached hydrogens (tertiary/aromatic N) is 2. The molecule has 0 radical (unpaired) electrons. The summed E-state index contributed by atoms with van der Waals surface area (Å²) < 4.78 is 21.8. The Hall–Kier alpha value is -3.56. The summed E-state index contributed by atoms with van der Waals surface area (Å²) in [5.74, 6) is 0.798. The van der Waals surface area contributed by atoms with Gasteiger partial charge in [-0.15, -0.1) is 0 Å². The average molecular weight is 430 g/mol. The van der Waals surface area contributed by atoms with Crippen LogP contribution in [-0.4, -0.2) is 22.1 Å². The Morgan fingerprint density at radius 1 is 1.03 bits per heavy atom. The van der Waals surface area contributed by atoms with Gasteiger partial charge in [0.2, 0.25) is 0 Å². The number of rotatable bonds is 6. The van der Waals surface area contributed by atoms with E-state index in [2.05, 4.69) is 40.5 Å². The van der Waals surface area contributed by atoms with Crippen molar-refractivity contribution >= 4 is 27.6 Å². The molecule has 1 heterocycles. The van der Waals surface area contributed by atoms with Gasteiger partial charge in [0.1, 0.15) is 22.8 Å². The number of ether oxygens (including phenoxy) is 1. The quantitative estimate of drug-likeness (QED) is 0.435. The second-order valence-corrected chi connectivity index (χ2v) is 8.29. The van der Waals surface area contributed by atoms with Crippen LogP contribution in [0.5, 0.6) is 5.75 Å². The summed E-state index contributed by atoms with van der Waals surface area (Å²) in [5, 5.41) is 11.0. The maximum Gasteiger partial charge on any atom is 0.119 e. The summed E-state index contributed by atoms with van der Waals surface area (Å²) in [5.41, 5.74) is 6.38. The van der Waals surface area contributed by atoms with E-state index in [-0.39, 0.29) is 0 Å². The number of aryl methyl sites for hydroxylation is 1. The first-order valence-electron chi connectivity index (χ1n) is 9.97. The summed E-state index contributed by atoms with van der Waals surface area (Å²) in [6, 6.07) is 24.3. The molecule has 1 N–H and O–H groups in total. The van der Waals surface area contributed by atoms with Crippen molar-refractivity contribution in [2.75, 3.05) is 18.1 Å². The second-order valence-electron chi connectivity index (χ2n) is 7.18. The second kappa shape index (κ2) is 8.66. The highest BCUT2D eigenvalue weighted by molar-refractivity contribution is 7.85. The largest absolute Gasteiger partial charge is 0.497 e. The van der Waals surface area contributed by atoms with Crippen LogP contribution < -0.4 is 9.46 Å². The molecule has 1 atom stereocenters. The lowest BCUT2D eigenvalue weighted by Crippen LogP contribution is -2.01. The van der Waals surface area contributed by atoms with E-state index in [4.69, 9.17) is 4.74 Å². The summed E-state index contributed by atoms with van der Waals surface area (Å²) in [6.45, 7) is 2.82. The maximum atomic E-state index is 11.4. The van der Waals surface area contributed by atoms with Crippen LogP contribution in [0.3, 0.4) is 0 Å². The molecule has 0 aliphatic heterocycles. The van der Waals surface area contributed by atoms with Crippen molar-refractivity contribution in [3.63, 3.8) is 0 Å². The van der Waals surface area contributed by atoms with Crippen LogP contribution in [0, 0.1) is 11.3 Å². The van der Waals surface area contributed by atoms with Crippen molar-refractivity contribution in [3.8, 4) is 34.2 Å². The third-order valence-corrected chi connectivity index (χ3v) is 5.84. The zero-order chi connectivity index (χ0) is 22.0. The Bertz CT molecular complexity index is 1320. The molecular formula is C25H23N3O2S. The standard InChI is InChI=1S/C25H23N3O2S/c1-4-28-24-13-10-19(18-6-5-7-21(14-18)30-2)15-22(24)23(16-26)25(28)17-8-11-20(12-9-17)27-31(3)29/h5-15,27H,4H2,1-3H3. The number of nitriles is 1. The Balaban J connectivity index is 1.88. The molecule has 0 aliphatic carbocycles. The summed E-state index contributed by atoms with van der Waals surface area (Å²) >= 11 is 0. The molecule has 6 heteroatoms. The molecule has 31 heavy (non-hydrogen) atoms. The van der Waals surface area contributed by atoms with E-state index < -0.39 is 11.0 Å². The Morgan fingerprint density at radius 2 is 1.74 bits per heavy atom. The molecule has 0 amide bonds. The van der Waals surface area contributed by atoms with Gasteiger partial charge in [0.15, 0.2) is 0 Å². The summed E-state index contributed by atoms with van der Waals surface area (Å²) in [4.78, 5) is 0. The fraction of sp³-hybridized carbons (Fsp3) is 0.160. The molecule has 5 nitrogen and oxygen atoms in total. The van der Waals surface area contributed by atoms with E-state index in [0.717, 1.165) is 51.3 Å². The van der Waals surface area contributed by atoms with Crippen LogP contribution in [0.4, 0.5) is 5.69 Å². The van der Waals surface area contributed by atoms with E-state index in [1.54, 1.807) is 13.4 Å². The lowest BCUT2D eigenvalue weighted by atomic mass is 10.0. The van der Waals surface area contributed by atoms with E-state index in [1.165, 1.54) is 0 Å². The molecule has 0 saturated carbocycles. The topological polar surface area (TPSA) is 67.0 Å². The summed E-state index contributed by atoms with van der Waals surface area (Å²) in [7, 11) is 0.523. The van der Waals surface area contributed by atoms with E-state index in [0.29, 0.717) is 5.56 Å². The van der Waals surface area contributed by atoms with Crippen LogP contribution in [0.25, 0.3) is 33.3 Å². The van der Waals surface area contributed by atoms with E-state index in [9.17, 15) is 9.47 Å². The van der Waals surface area contributed by atoms with Crippen molar-refractivity contribution in [1.82, 2.24) is 4.57 Å². The van der Waals surface area contributed by atoms with E-state index in [1.807, 2.05) is 48.5 Å². The maximum absolute atomic E-state index is 11.4. The lowest BCUT2D eigenvalue weighted by molar-refractivity contribution is 0.415. The van der Waals surface area contributed by atoms with E-state index >= 15 is 0 Å². The highest BCUT2D eigenvalue weighted by Crippen LogP contribution is 2.36. The molecule has 4 rings (SSSR count). The lowest BCUT2D eigenvalue weighted by Gasteiger charge is -2.10. The van der Waals surface area contributed by atoms with Gasteiger partial charge in [-0.1, -0.05) is 30.3 Å². The monoisotopic (exact) mass is 429 g/mol. The molecule has 0 saturated heterocycles. The smallest absolute Gasteiger partial charge is 0.119 e. The number of benzene rings is 3. The highest BCUT2D eigenvalue weighted by atomic mass is 32.2. The molecule has 4 aromatic rings. The molecule has 156 valence electrons. The van der Waals surface area contributed by atoms with Gasteiger partial charge in [0.25, 0.3) is 0 Å². The molecule has 1 unspecified atom stereocenters. The molecule has 0 aliphatic rings. The van der Waals surface area contributed by atoms with Crippen LogP contribution >= 0.6 is 0 Å². The number of methoxy groups -OCH3 is 1. The van der Waals surface area contributed by atoms with Crippen molar-refractivity contribution in [2.24, 2.45) is 0 Å².